The fraction of sp³-hybridized carbons (Fsp3) is 0.308. The molecule has 5 heteroatoms. The first kappa shape index (κ1) is 13.9. The van der Waals surface area contributed by atoms with Crippen LogP contribution in [0.4, 0.5) is 5.69 Å². The summed E-state index contributed by atoms with van der Waals surface area (Å²) in [5.74, 6) is -0.463. The van der Waals surface area contributed by atoms with Crippen molar-refractivity contribution in [1.29, 1.82) is 0 Å². The molecule has 0 heterocycles. The number of unbranched alkanes of at least 4 members (excludes halogenated alkanes) is 2. The van der Waals surface area contributed by atoms with Crippen molar-refractivity contribution < 1.29 is 9.72 Å². The molecular formula is C13H16N2O3. The lowest BCUT2D eigenvalue weighted by Crippen LogP contribution is -2.18. The molecule has 1 amide bonds. The summed E-state index contributed by atoms with van der Waals surface area (Å²) in [6.07, 6.45) is 6.40. The van der Waals surface area contributed by atoms with Gasteiger partial charge in [0, 0.05) is 12.3 Å². The fourth-order valence-electron chi connectivity index (χ4n) is 1.44. The van der Waals surface area contributed by atoms with Crippen molar-refractivity contribution in [1.82, 2.24) is 5.32 Å². The molecule has 0 unspecified atom stereocenters. The van der Waals surface area contributed by atoms with E-state index < -0.39 is 10.8 Å². The van der Waals surface area contributed by atoms with Crippen LogP contribution in [-0.4, -0.2) is 10.8 Å². The summed E-state index contributed by atoms with van der Waals surface area (Å²) in [5, 5.41) is 13.3. The van der Waals surface area contributed by atoms with Crippen molar-refractivity contribution in [2.75, 3.05) is 0 Å². The Bertz CT molecular complexity index is 455. The highest BCUT2D eigenvalue weighted by atomic mass is 16.6. The van der Waals surface area contributed by atoms with Crippen LogP contribution in [0.3, 0.4) is 0 Å². The van der Waals surface area contributed by atoms with E-state index in [1.54, 1.807) is 6.07 Å². The molecule has 0 aromatic heterocycles. The van der Waals surface area contributed by atoms with E-state index in [0.29, 0.717) is 0 Å². The molecule has 0 aliphatic carbocycles. The number of para-hydroxylation sites is 1. The van der Waals surface area contributed by atoms with Crippen LogP contribution in [0.25, 0.3) is 0 Å². The van der Waals surface area contributed by atoms with Crippen LogP contribution in [0.1, 0.15) is 36.5 Å². The van der Waals surface area contributed by atoms with E-state index in [2.05, 4.69) is 12.2 Å². The summed E-state index contributed by atoms with van der Waals surface area (Å²) >= 11 is 0. The molecule has 0 bridgehead atoms. The minimum atomic E-state index is -0.560. The number of rotatable bonds is 6. The highest BCUT2D eigenvalue weighted by Crippen LogP contribution is 2.17. The SMILES string of the molecule is CCCC/C=C/NC(=O)c1ccccc1[N+](=O)[O-]. The van der Waals surface area contributed by atoms with E-state index in [0.717, 1.165) is 19.3 Å². The zero-order chi connectivity index (χ0) is 13.4. The predicted molar refractivity (Wildman–Crippen MR) is 69.2 cm³/mol. The minimum Gasteiger partial charge on any atom is -0.329 e. The van der Waals surface area contributed by atoms with Gasteiger partial charge in [0.05, 0.1) is 4.92 Å². The molecule has 1 N–H and O–H groups in total. The van der Waals surface area contributed by atoms with E-state index in [-0.39, 0.29) is 11.3 Å². The molecule has 18 heavy (non-hydrogen) atoms. The normalized spacial score (nSPS) is 10.5. The van der Waals surface area contributed by atoms with E-state index in [1.807, 2.05) is 6.08 Å². The lowest BCUT2D eigenvalue weighted by Gasteiger charge is -2.01. The first-order valence-corrected chi connectivity index (χ1v) is 5.86. The Balaban J connectivity index is 2.67. The Morgan fingerprint density at radius 1 is 1.44 bits per heavy atom. The van der Waals surface area contributed by atoms with Gasteiger partial charge < -0.3 is 5.32 Å². The number of carbonyl (C=O) groups is 1. The fourth-order valence-corrected chi connectivity index (χ4v) is 1.44. The van der Waals surface area contributed by atoms with E-state index in [4.69, 9.17) is 0 Å². The third-order valence-electron chi connectivity index (χ3n) is 2.40. The summed E-state index contributed by atoms with van der Waals surface area (Å²) in [4.78, 5) is 21.9. The maximum absolute atomic E-state index is 11.7. The van der Waals surface area contributed by atoms with Crippen molar-refractivity contribution in [3.63, 3.8) is 0 Å². The van der Waals surface area contributed by atoms with E-state index in [1.165, 1.54) is 24.4 Å². The second-order valence-corrected chi connectivity index (χ2v) is 3.79. The number of nitro benzene ring substituents is 1. The Kier molecular flexibility index (Phi) is 5.57. The van der Waals surface area contributed by atoms with Gasteiger partial charge in [-0.1, -0.05) is 38.0 Å². The Morgan fingerprint density at radius 3 is 2.83 bits per heavy atom. The third-order valence-corrected chi connectivity index (χ3v) is 2.40. The molecule has 1 aromatic rings. The lowest BCUT2D eigenvalue weighted by atomic mass is 10.1. The number of allylic oxidation sites excluding steroid dienone is 1. The van der Waals surface area contributed by atoms with Gasteiger partial charge in [-0.15, -0.1) is 0 Å². The average Bonchev–Trinajstić information content (AvgIpc) is 2.38. The zero-order valence-corrected chi connectivity index (χ0v) is 10.3. The number of hydrogen-bond acceptors (Lipinski definition) is 3. The Morgan fingerprint density at radius 2 is 2.17 bits per heavy atom. The highest BCUT2D eigenvalue weighted by molar-refractivity contribution is 5.98. The van der Waals surface area contributed by atoms with Crippen molar-refractivity contribution >= 4 is 11.6 Å². The van der Waals surface area contributed by atoms with Crippen molar-refractivity contribution in [2.24, 2.45) is 0 Å². The standard InChI is InChI=1S/C13H16N2O3/c1-2-3-4-7-10-14-13(16)11-8-5-6-9-12(11)15(17)18/h5-10H,2-4H2,1H3,(H,14,16)/b10-7+. The first-order valence-electron chi connectivity index (χ1n) is 5.86. The van der Waals surface area contributed by atoms with Gasteiger partial charge in [-0.25, -0.2) is 0 Å². The van der Waals surface area contributed by atoms with Gasteiger partial charge in [-0.05, 0) is 12.5 Å². The maximum Gasteiger partial charge on any atom is 0.282 e. The molecule has 5 nitrogen and oxygen atoms in total. The quantitative estimate of drug-likeness (QED) is 0.477. The van der Waals surface area contributed by atoms with Crippen LogP contribution in [0.5, 0.6) is 0 Å². The van der Waals surface area contributed by atoms with E-state index in [9.17, 15) is 14.9 Å². The first-order chi connectivity index (χ1) is 8.66. The van der Waals surface area contributed by atoms with Gasteiger partial charge in [0.2, 0.25) is 0 Å². The number of nitro groups is 1. The molecule has 0 fully saturated rings. The summed E-state index contributed by atoms with van der Waals surface area (Å²) < 4.78 is 0. The smallest absolute Gasteiger partial charge is 0.282 e. The maximum atomic E-state index is 11.7. The summed E-state index contributed by atoms with van der Waals surface area (Å²) in [6, 6.07) is 5.89. The van der Waals surface area contributed by atoms with Crippen molar-refractivity contribution in [2.45, 2.75) is 26.2 Å². The number of amides is 1. The molecule has 0 aliphatic rings. The lowest BCUT2D eigenvalue weighted by molar-refractivity contribution is -0.385. The molecule has 0 aliphatic heterocycles. The van der Waals surface area contributed by atoms with Crippen LogP contribution in [0.2, 0.25) is 0 Å². The number of hydrogen-bond donors (Lipinski definition) is 1. The largest absolute Gasteiger partial charge is 0.329 e. The highest BCUT2D eigenvalue weighted by Gasteiger charge is 2.17. The number of carbonyl (C=O) groups excluding carboxylic acids is 1. The van der Waals surface area contributed by atoms with Crippen LogP contribution in [-0.2, 0) is 0 Å². The van der Waals surface area contributed by atoms with Gasteiger partial charge in [0.1, 0.15) is 5.56 Å². The van der Waals surface area contributed by atoms with Crippen molar-refractivity contribution in [3.05, 3.63) is 52.2 Å². The van der Waals surface area contributed by atoms with Crippen LogP contribution in [0, 0.1) is 10.1 Å². The third kappa shape index (κ3) is 4.01. The minimum absolute atomic E-state index is 0.0719. The molecule has 0 saturated carbocycles. The molecular weight excluding hydrogens is 232 g/mol. The molecule has 0 spiro atoms. The topological polar surface area (TPSA) is 72.2 Å². The molecule has 0 saturated heterocycles. The average molecular weight is 248 g/mol. The van der Waals surface area contributed by atoms with Gasteiger partial charge >= 0.3 is 0 Å². The summed E-state index contributed by atoms with van der Waals surface area (Å²) in [6.45, 7) is 2.08. The van der Waals surface area contributed by atoms with Crippen LogP contribution < -0.4 is 5.32 Å². The number of benzene rings is 1. The van der Waals surface area contributed by atoms with Gasteiger partial charge in [0.15, 0.2) is 0 Å². The molecule has 1 rings (SSSR count). The van der Waals surface area contributed by atoms with Crippen LogP contribution in [0.15, 0.2) is 36.5 Å². The molecule has 96 valence electrons. The second-order valence-electron chi connectivity index (χ2n) is 3.79. The Hall–Kier alpha value is -2.17. The van der Waals surface area contributed by atoms with Gasteiger partial charge in [-0.2, -0.15) is 0 Å². The Labute approximate surface area is 106 Å². The summed E-state index contributed by atoms with van der Waals surface area (Å²) in [7, 11) is 0. The molecule has 1 aromatic carbocycles. The number of nitrogens with one attached hydrogen (secondary N) is 1. The number of nitrogens with zero attached hydrogens (tertiary/aromatic N) is 1. The molecule has 0 atom stereocenters. The predicted octanol–water partition coefficient (Wildman–Crippen LogP) is 3.03. The zero-order valence-electron chi connectivity index (χ0n) is 10.3. The molecule has 0 radical (unpaired) electrons. The van der Waals surface area contributed by atoms with Gasteiger partial charge in [-0.3, -0.25) is 14.9 Å². The van der Waals surface area contributed by atoms with Crippen LogP contribution >= 0.6 is 0 Å². The monoisotopic (exact) mass is 248 g/mol. The summed E-state index contributed by atoms with van der Waals surface area (Å²) in [5.41, 5.74) is -0.111. The van der Waals surface area contributed by atoms with E-state index >= 15 is 0 Å². The second kappa shape index (κ2) is 7.21. The van der Waals surface area contributed by atoms with Crippen molar-refractivity contribution in [3.8, 4) is 0 Å². The van der Waals surface area contributed by atoms with Gasteiger partial charge in [0.25, 0.3) is 11.6 Å².